The van der Waals surface area contributed by atoms with Crippen LogP contribution in [0.25, 0.3) is 0 Å². The van der Waals surface area contributed by atoms with E-state index in [9.17, 15) is 8.42 Å². The van der Waals surface area contributed by atoms with Crippen molar-refractivity contribution < 1.29 is 13.5 Å². The van der Waals surface area contributed by atoms with E-state index in [2.05, 4.69) is 0 Å². The monoisotopic (exact) mass is 288 g/mol. The Labute approximate surface area is 111 Å². The quantitative estimate of drug-likeness (QED) is 0.883. The molecule has 0 saturated heterocycles. The van der Waals surface area contributed by atoms with E-state index >= 15 is 0 Å². The molecule has 0 amide bonds. The highest BCUT2D eigenvalue weighted by Crippen LogP contribution is 2.22. The molecule has 98 valence electrons. The van der Waals surface area contributed by atoms with Crippen LogP contribution in [0.2, 0.25) is 5.02 Å². The normalized spacial score (nSPS) is 11.5. The lowest BCUT2D eigenvalue weighted by Gasteiger charge is -2.19. The molecule has 0 aliphatic rings. The summed E-state index contributed by atoms with van der Waals surface area (Å²) in [6.45, 7) is 1.70. The van der Waals surface area contributed by atoms with Crippen LogP contribution in [-0.2, 0) is 10.0 Å². The summed E-state index contributed by atoms with van der Waals surface area (Å²) in [5, 5.41) is 17.7. The molecule has 0 atom stereocenters. The minimum absolute atomic E-state index is 0.0156. The number of rotatable bonds is 5. The lowest BCUT2D eigenvalue weighted by atomic mass is 10.2. The fourth-order valence-electron chi connectivity index (χ4n) is 1.46. The van der Waals surface area contributed by atoms with Gasteiger partial charge >= 0.3 is 0 Å². The summed E-state index contributed by atoms with van der Waals surface area (Å²) in [6, 6.07) is 5.80. The van der Waals surface area contributed by atoms with Gasteiger partial charge in [0.15, 0.2) is 0 Å². The van der Waals surface area contributed by atoms with Gasteiger partial charge in [-0.1, -0.05) is 18.5 Å². The Kier molecular flexibility index (Phi) is 5.11. The number of halogens is 1. The van der Waals surface area contributed by atoms with Gasteiger partial charge in [-0.2, -0.15) is 9.57 Å². The van der Waals surface area contributed by atoms with Gasteiger partial charge in [-0.25, -0.2) is 8.42 Å². The summed E-state index contributed by atoms with van der Waals surface area (Å²) in [5.41, 5.74) is 0.223. The Morgan fingerprint density at radius 1 is 1.50 bits per heavy atom. The highest BCUT2D eigenvalue weighted by atomic mass is 35.5. The Bertz CT molecular complexity index is 566. The van der Waals surface area contributed by atoms with Crippen LogP contribution in [0.1, 0.15) is 12.5 Å². The lowest BCUT2D eigenvalue weighted by molar-refractivity contribution is 0.257. The van der Waals surface area contributed by atoms with Gasteiger partial charge in [0.2, 0.25) is 10.0 Å². The maximum atomic E-state index is 12.2. The minimum Gasteiger partial charge on any atom is -0.395 e. The van der Waals surface area contributed by atoms with Gasteiger partial charge in [-0.05, 0) is 18.2 Å². The summed E-state index contributed by atoms with van der Waals surface area (Å²) in [5.74, 6) is 0. The number of sulfonamides is 1. The predicted octanol–water partition coefficient (Wildman–Crippen LogP) is 1.21. The third kappa shape index (κ3) is 3.00. The molecule has 0 bridgehead atoms. The van der Waals surface area contributed by atoms with Crippen LogP contribution in [0, 0.1) is 11.3 Å². The topological polar surface area (TPSA) is 81.4 Å². The molecule has 0 heterocycles. The van der Waals surface area contributed by atoms with Gasteiger partial charge < -0.3 is 5.11 Å². The minimum atomic E-state index is -3.68. The van der Waals surface area contributed by atoms with E-state index in [0.29, 0.717) is 0 Å². The number of likely N-dealkylation sites (N-methyl/N-ethyl adjacent to an activating group) is 1. The first kappa shape index (κ1) is 14.9. The molecular weight excluding hydrogens is 276 g/mol. The summed E-state index contributed by atoms with van der Waals surface area (Å²) in [7, 11) is -3.68. The van der Waals surface area contributed by atoms with Crippen molar-refractivity contribution in [2.45, 2.75) is 11.8 Å². The average Bonchev–Trinajstić information content (AvgIpc) is 2.35. The molecule has 0 fully saturated rings. The summed E-state index contributed by atoms with van der Waals surface area (Å²) < 4.78 is 25.5. The molecule has 0 spiro atoms. The Balaban J connectivity index is 3.21. The Morgan fingerprint density at radius 2 is 2.17 bits per heavy atom. The smallest absolute Gasteiger partial charge is 0.243 e. The van der Waals surface area contributed by atoms with Crippen LogP contribution in [0.3, 0.4) is 0 Å². The molecule has 1 N–H and O–H groups in total. The molecule has 0 aromatic heterocycles. The second-order valence-electron chi connectivity index (χ2n) is 3.47. The van der Waals surface area contributed by atoms with Crippen molar-refractivity contribution in [3.63, 3.8) is 0 Å². The average molecular weight is 289 g/mol. The lowest BCUT2D eigenvalue weighted by Crippen LogP contribution is -2.33. The number of hydrogen-bond donors (Lipinski definition) is 1. The van der Waals surface area contributed by atoms with E-state index in [4.69, 9.17) is 22.0 Å². The van der Waals surface area contributed by atoms with Crippen molar-refractivity contribution in [1.82, 2.24) is 4.31 Å². The number of hydrogen-bond acceptors (Lipinski definition) is 4. The van der Waals surface area contributed by atoms with E-state index < -0.39 is 10.0 Å². The van der Waals surface area contributed by atoms with Crippen molar-refractivity contribution in [1.29, 1.82) is 5.26 Å². The third-order valence-corrected chi connectivity index (χ3v) is 4.68. The zero-order valence-electron chi connectivity index (χ0n) is 9.80. The van der Waals surface area contributed by atoms with Crippen LogP contribution in [-0.4, -0.2) is 37.5 Å². The maximum Gasteiger partial charge on any atom is 0.243 e. The number of aliphatic hydroxyl groups excluding tert-OH is 1. The second kappa shape index (κ2) is 6.16. The SMILES string of the molecule is CCN(CCO)S(=O)(=O)c1ccc(C#N)c(Cl)c1. The number of benzene rings is 1. The van der Waals surface area contributed by atoms with E-state index in [1.165, 1.54) is 18.2 Å². The highest BCUT2D eigenvalue weighted by Gasteiger charge is 2.23. The maximum absolute atomic E-state index is 12.2. The predicted molar refractivity (Wildman–Crippen MR) is 67.7 cm³/mol. The fourth-order valence-corrected chi connectivity index (χ4v) is 3.21. The zero-order valence-corrected chi connectivity index (χ0v) is 11.4. The van der Waals surface area contributed by atoms with E-state index in [0.717, 1.165) is 4.31 Å². The Hall–Kier alpha value is -1.13. The molecule has 7 heteroatoms. The van der Waals surface area contributed by atoms with Gasteiger partial charge in [0, 0.05) is 13.1 Å². The molecule has 0 aliphatic carbocycles. The third-order valence-electron chi connectivity index (χ3n) is 2.40. The number of nitrogens with zero attached hydrogens (tertiary/aromatic N) is 2. The van der Waals surface area contributed by atoms with Gasteiger partial charge in [0.1, 0.15) is 6.07 Å². The van der Waals surface area contributed by atoms with E-state index in [-0.39, 0.29) is 35.2 Å². The molecular formula is C11H13ClN2O3S. The van der Waals surface area contributed by atoms with Gasteiger partial charge in [0.05, 0.1) is 22.1 Å². The molecule has 0 aliphatic heterocycles. The van der Waals surface area contributed by atoms with Crippen LogP contribution < -0.4 is 0 Å². The molecule has 1 rings (SSSR count). The first-order valence-electron chi connectivity index (χ1n) is 5.28. The number of aliphatic hydroxyl groups is 1. The highest BCUT2D eigenvalue weighted by molar-refractivity contribution is 7.89. The van der Waals surface area contributed by atoms with Crippen LogP contribution in [0.5, 0.6) is 0 Å². The van der Waals surface area contributed by atoms with Gasteiger partial charge in [-0.3, -0.25) is 0 Å². The van der Waals surface area contributed by atoms with Crippen molar-refractivity contribution >= 4 is 21.6 Å². The van der Waals surface area contributed by atoms with Crippen molar-refractivity contribution in [2.24, 2.45) is 0 Å². The summed E-state index contributed by atoms with van der Waals surface area (Å²) in [4.78, 5) is 0.0156. The molecule has 1 aromatic carbocycles. The summed E-state index contributed by atoms with van der Waals surface area (Å²) in [6.07, 6.45) is 0. The largest absolute Gasteiger partial charge is 0.395 e. The standard InChI is InChI=1S/C11H13ClN2O3S/c1-2-14(5-6-15)18(16,17)10-4-3-9(8-13)11(12)7-10/h3-4,7,15H,2,5-6H2,1H3. The summed E-state index contributed by atoms with van der Waals surface area (Å²) >= 11 is 5.81. The van der Waals surface area contributed by atoms with Crippen LogP contribution in [0.4, 0.5) is 0 Å². The van der Waals surface area contributed by atoms with Crippen molar-refractivity contribution in [3.8, 4) is 6.07 Å². The molecule has 1 aromatic rings. The fraction of sp³-hybridized carbons (Fsp3) is 0.364. The van der Waals surface area contributed by atoms with Crippen LogP contribution >= 0.6 is 11.6 Å². The van der Waals surface area contributed by atoms with Gasteiger partial charge in [0.25, 0.3) is 0 Å². The Morgan fingerprint density at radius 3 is 2.61 bits per heavy atom. The number of nitriles is 1. The first-order chi connectivity index (χ1) is 8.47. The molecule has 18 heavy (non-hydrogen) atoms. The van der Waals surface area contributed by atoms with E-state index in [1.54, 1.807) is 6.92 Å². The molecule has 0 saturated carbocycles. The molecule has 0 radical (unpaired) electrons. The van der Waals surface area contributed by atoms with Crippen molar-refractivity contribution in [3.05, 3.63) is 28.8 Å². The second-order valence-corrected chi connectivity index (χ2v) is 5.82. The molecule has 0 unspecified atom stereocenters. The zero-order chi connectivity index (χ0) is 13.8. The first-order valence-corrected chi connectivity index (χ1v) is 7.09. The van der Waals surface area contributed by atoms with Crippen molar-refractivity contribution in [2.75, 3.05) is 19.7 Å². The van der Waals surface area contributed by atoms with E-state index in [1.807, 2.05) is 6.07 Å². The van der Waals surface area contributed by atoms with Gasteiger partial charge in [-0.15, -0.1) is 0 Å². The van der Waals surface area contributed by atoms with Crippen LogP contribution in [0.15, 0.2) is 23.1 Å². The molecule has 5 nitrogen and oxygen atoms in total.